The van der Waals surface area contributed by atoms with Crippen LogP contribution in [0.5, 0.6) is 0 Å². The minimum absolute atomic E-state index is 0.329. The summed E-state index contributed by atoms with van der Waals surface area (Å²) in [7, 11) is 0. The number of nitrogens with two attached hydrogens (primary N) is 1. The average molecular weight is 233 g/mol. The van der Waals surface area contributed by atoms with Gasteiger partial charge in [-0.1, -0.05) is 12.1 Å². The van der Waals surface area contributed by atoms with Crippen LogP contribution in [0.2, 0.25) is 0 Å². The molecular formula is C11H15N5O. The summed E-state index contributed by atoms with van der Waals surface area (Å²) < 4.78 is 5.15. The Kier molecular flexibility index (Phi) is 3.43. The molecule has 0 fully saturated rings. The van der Waals surface area contributed by atoms with Crippen molar-refractivity contribution in [2.75, 3.05) is 6.54 Å². The predicted octanol–water partition coefficient (Wildman–Crippen LogP) is 0.972. The quantitative estimate of drug-likeness (QED) is 0.846. The lowest BCUT2D eigenvalue weighted by Crippen LogP contribution is -2.13. The third-order valence-corrected chi connectivity index (χ3v) is 2.40. The Morgan fingerprint density at radius 1 is 1.41 bits per heavy atom. The number of aryl methyl sites for hydroxylation is 1. The van der Waals surface area contributed by atoms with Crippen LogP contribution in [-0.4, -0.2) is 26.7 Å². The first kappa shape index (κ1) is 11.7. The van der Waals surface area contributed by atoms with E-state index in [2.05, 4.69) is 20.1 Å². The standard InChI is InChI=1S/C11H15N5O/c1-7(6-12)5-10-15-11(16-17-10)9-3-4-13-8(2)14-9/h3-4,7H,5-6,12H2,1-2H3. The van der Waals surface area contributed by atoms with Gasteiger partial charge in [-0.15, -0.1) is 0 Å². The average Bonchev–Trinajstić information content (AvgIpc) is 2.77. The molecule has 0 aromatic carbocycles. The first-order valence-corrected chi connectivity index (χ1v) is 5.51. The monoisotopic (exact) mass is 233 g/mol. The van der Waals surface area contributed by atoms with E-state index < -0.39 is 0 Å². The molecule has 2 N–H and O–H groups in total. The van der Waals surface area contributed by atoms with Crippen LogP contribution < -0.4 is 5.73 Å². The van der Waals surface area contributed by atoms with Crippen molar-refractivity contribution in [1.82, 2.24) is 20.1 Å². The molecule has 6 heteroatoms. The summed E-state index contributed by atoms with van der Waals surface area (Å²) in [6, 6.07) is 1.76. The van der Waals surface area contributed by atoms with Crippen molar-refractivity contribution in [3.8, 4) is 11.5 Å². The van der Waals surface area contributed by atoms with Crippen LogP contribution in [-0.2, 0) is 6.42 Å². The molecule has 6 nitrogen and oxygen atoms in total. The molecule has 0 radical (unpaired) electrons. The minimum Gasteiger partial charge on any atom is -0.339 e. The van der Waals surface area contributed by atoms with Crippen molar-refractivity contribution >= 4 is 0 Å². The Labute approximate surface area is 99.3 Å². The van der Waals surface area contributed by atoms with E-state index >= 15 is 0 Å². The fourth-order valence-electron chi connectivity index (χ4n) is 1.40. The van der Waals surface area contributed by atoms with E-state index in [1.807, 2.05) is 13.8 Å². The van der Waals surface area contributed by atoms with Crippen molar-refractivity contribution in [2.45, 2.75) is 20.3 Å². The molecule has 0 spiro atoms. The Balaban J connectivity index is 2.18. The van der Waals surface area contributed by atoms with Crippen LogP contribution in [0.3, 0.4) is 0 Å². The van der Waals surface area contributed by atoms with Crippen LogP contribution in [0.1, 0.15) is 18.6 Å². The second-order valence-corrected chi connectivity index (χ2v) is 4.05. The highest BCUT2D eigenvalue weighted by Crippen LogP contribution is 2.14. The maximum absolute atomic E-state index is 5.55. The van der Waals surface area contributed by atoms with Gasteiger partial charge in [0.2, 0.25) is 11.7 Å². The molecule has 2 rings (SSSR count). The van der Waals surface area contributed by atoms with E-state index in [1.165, 1.54) is 0 Å². The van der Waals surface area contributed by atoms with Crippen molar-refractivity contribution in [3.63, 3.8) is 0 Å². The zero-order valence-corrected chi connectivity index (χ0v) is 9.92. The number of nitrogens with zero attached hydrogens (tertiary/aromatic N) is 4. The molecular weight excluding hydrogens is 218 g/mol. The minimum atomic E-state index is 0.329. The lowest BCUT2D eigenvalue weighted by atomic mass is 10.1. The van der Waals surface area contributed by atoms with Gasteiger partial charge in [0.1, 0.15) is 11.5 Å². The van der Waals surface area contributed by atoms with Gasteiger partial charge in [-0.05, 0) is 25.5 Å². The summed E-state index contributed by atoms with van der Waals surface area (Å²) in [5.74, 6) is 2.10. The zero-order valence-electron chi connectivity index (χ0n) is 9.92. The van der Waals surface area contributed by atoms with Gasteiger partial charge in [-0.2, -0.15) is 4.98 Å². The van der Waals surface area contributed by atoms with Gasteiger partial charge < -0.3 is 10.3 Å². The number of hydrogen-bond donors (Lipinski definition) is 1. The Morgan fingerprint density at radius 3 is 2.94 bits per heavy atom. The molecule has 1 atom stereocenters. The van der Waals surface area contributed by atoms with E-state index in [1.54, 1.807) is 12.3 Å². The molecule has 0 saturated carbocycles. The van der Waals surface area contributed by atoms with E-state index in [9.17, 15) is 0 Å². The number of hydrogen-bond acceptors (Lipinski definition) is 6. The highest BCUT2D eigenvalue weighted by Gasteiger charge is 2.12. The van der Waals surface area contributed by atoms with E-state index in [0.717, 1.165) is 0 Å². The van der Waals surface area contributed by atoms with Crippen LogP contribution >= 0.6 is 0 Å². The normalized spacial score (nSPS) is 12.6. The van der Waals surface area contributed by atoms with Crippen LogP contribution in [0.25, 0.3) is 11.5 Å². The molecule has 0 aliphatic heterocycles. The molecule has 2 heterocycles. The summed E-state index contributed by atoms with van der Waals surface area (Å²) >= 11 is 0. The third-order valence-electron chi connectivity index (χ3n) is 2.40. The van der Waals surface area contributed by atoms with Gasteiger partial charge in [-0.25, -0.2) is 9.97 Å². The molecule has 0 aliphatic rings. The number of rotatable bonds is 4. The van der Waals surface area contributed by atoms with Gasteiger partial charge in [0.25, 0.3) is 0 Å². The molecule has 2 aromatic rings. The molecule has 0 saturated heterocycles. The Hall–Kier alpha value is -1.82. The fourth-order valence-corrected chi connectivity index (χ4v) is 1.40. The van der Waals surface area contributed by atoms with E-state index in [4.69, 9.17) is 10.3 Å². The molecule has 90 valence electrons. The Morgan fingerprint density at radius 2 is 2.24 bits per heavy atom. The van der Waals surface area contributed by atoms with Gasteiger partial charge in [0, 0.05) is 12.6 Å². The maximum Gasteiger partial charge on any atom is 0.227 e. The summed E-state index contributed by atoms with van der Waals surface area (Å²) in [6.45, 7) is 4.46. The first-order valence-electron chi connectivity index (χ1n) is 5.51. The smallest absolute Gasteiger partial charge is 0.227 e. The van der Waals surface area contributed by atoms with Crippen molar-refractivity contribution in [3.05, 3.63) is 24.0 Å². The van der Waals surface area contributed by atoms with Crippen molar-refractivity contribution in [2.24, 2.45) is 11.7 Å². The molecule has 0 aliphatic carbocycles. The van der Waals surface area contributed by atoms with E-state index in [0.29, 0.717) is 42.1 Å². The fraction of sp³-hybridized carbons (Fsp3) is 0.455. The Bertz CT molecular complexity index is 496. The first-order chi connectivity index (χ1) is 8.19. The largest absolute Gasteiger partial charge is 0.339 e. The van der Waals surface area contributed by atoms with E-state index in [-0.39, 0.29) is 0 Å². The maximum atomic E-state index is 5.55. The highest BCUT2D eigenvalue weighted by molar-refractivity contribution is 5.46. The second kappa shape index (κ2) is 5.01. The summed E-state index contributed by atoms with van der Waals surface area (Å²) in [4.78, 5) is 12.5. The van der Waals surface area contributed by atoms with Crippen LogP contribution in [0, 0.1) is 12.8 Å². The van der Waals surface area contributed by atoms with Crippen molar-refractivity contribution in [1.29, 1.82) is 0 Å². The third kappa shape index (κ3) is 2.85. The summed E-state index contributed by atoms with van der Waals surface area (Å²) in [5.41, 5.74) is 6.22. The molecule has 1 unspecified atom stereocenters. The lowest BCUT2D eigenvalue weighted by molar-refractivity contribution is 0.359. The predicted molar refractivity (Wildman–Crippen MR) is 62.0 cm³/mol. The SMILES string of the molecule is Cc1nccc(-c2noc(CC(C)CN)n2)n1. The van der Waals surface area contributed by atoms with Gasteiger partial charge in [-0.3, -0.25) is 0 Å². The highest BCUT2D eigenvalue weighted by atomic mass is 16.5. The topological polar surface area (TPSA) is 90.7 Å². The lowest BCUT2D eigenvalue weighted by Gasteiger charge is -2.01. The zero-order chi connectivity index (χ0) is 12.3. The van der Waals surface area contributed by atoms with Gasteiger partial charge >= 0.3 is 0 Å². The second-order valence-electron chi connectivity index (χ2n) is 4.05. The molecule has 2 aromatic heterocycles. The number of aromatic nitrogens is 4. The molecule has 17 heavy (non-hydrogen) atoms. The van der Waals surface area contributed by atoms with Gasteiger partial charge in [0.15, 0.2) is 0 Å². The van der Waals surface area contributed by atoms with Crippen molar-refractivity contribution < 1.29 is 4.52 Å². The summed E-state index contributed by atoms with van der Waals surface area (Å²) in [6.07, 6.45) is 2.36. The molecule has 0 bridgehead atoms. The summed E-state index contributed by atoms with van der Waals surface area (Å²) in [5, 5.41) is 3.90. The molecule has 0 amide bonds. The van der Waals surface area contributed by atoms with Crippen LogP contribution in [0.15, 0.2) is 16.8 Å². The van der Waals surface area contributed by atoms with Gasteiger partial charge in [0.05, 0.1) is 0 Å². The van der Waals surface area contributed by atoms with Crippen LogP contribution in [0.4, 0.5) is 0 Å².